The van der Waals surface area contributed by atoms with Crippen molar-refractivity contribution < 1.29 is 4.79 Å². The number of carbonyl (C=O) groups excluding carboxylic acids is 1. The maximum Gasteiger partial charge on any atom is 0.257 e. The van der Waals surface area contributed by atoms with Crippen molar-refractivity contribution in [3.05, 3.63) is 88.5 Å². The summed E-state index contributed by atoms with van der Waals surface area (Å²) >= 11 is 12.4. The molecule has 1 aromatic heterocycles. The van der Waals surface area contributed by atoms with Crippen molar-refractivity contribution in [2.45, 2.75) is 25.9 Å². The van der Waals surface area contributed by atoms with Crippen molar-refractivity contribution >= 4 is 52.0 Å². The van der Waals surface area contributed by atoms with Crippen LogP contribution < -0.4 is 20.9 Å². The quantitative estimate of drug-likeness (QED) is 0.396. The molecule has 176 valence electrons. The Labute approximate surface area is 210 Å². The van der Waals surface area contributed by atoms with Crippen LogP contribution in [0.25, 0.3) is 5.70 Å². The van der Waals surface area contributed by atoms with Gasteiger partial charge in [0.1, 0.15) is 5.82 Å². The lowest BCUT2D eigenvalue weighted by Crippen LogP contribution is -2.54. The topological polar surface area (TPSA) is 69.3 Å². The number of hydrogen-bond donors (Lipinski definition) is 3. The molecule has 1 amide bonds. The lowest BCUT2D eigenvalue weighted by atomic mass is 10.1. The van der Waals surface area contributed by atoms with Crippen molar-refractivity contribution in [1.82, 2.24) is 10.3 Å². The number of nitrogens with one attached hydrogen (secondary N) is 3. The monoisotopic (exact) mass is 495 g/mol. The summed E-state index contributed by atoms with van der Waals surface area (Å²) in [5.74, 6) is 0.622. The van der Waals surface area contributed by atoms with Crippen LogP contribution in [-0.4, -0.2) is 36.1 Å². The van der Waals surface area contributed by atoms with E-state index in [0.717, 1.165) is 24.5 Å². The Bertz CT molecular complexity index is 1190. The summed E-state index contributed by atoms with van der Waals surface area (Å²) in [6.07, 6.45) is 1.61. The Hall–Kier alpha value is -3.06. The van der Waals surface area contributed by atoms with Crippen LogP contribution in [0.1, 0.15) is 29.8 Å². The summed E-state index contributed by atoms with van der Waals surface area (Å²) in [6, 6.07) is 17.1. The van der Waals surface area contributed by atoms with Crippen LogP contribution in [0.3, 0.4) is 0 Å². The summed E-state index contributed by atoms with van der Waals surface area (Å²) in [4.78, 5) is 19.6. The van der Waals surface area contributed by atoms with E-state index in [2.05, 4.69) is 46.3 Å². The first-order valence-electron chi connectivity index (χ1n) is 11.1. The Balaban J connectivity index is 1.43. The number of carbonyl (C=O) groups is 1. The van der Waals surface area contributed by atoms with Crippen molar-refractivity contribution in [2.75, 3.05) is 28.6 Å². The second-order valence-electron chi connectivity index (χ2n) is 8.54. The van der Waals surface area contributed by atoms with Gasteiger partial charge in [0.2, 0.25) is 0 Å². The highest BCUT2D eigenvalue weighted by atomic mass is 35.5. The average molecular weight is 496 g/mol. The van der Waals surface area contributed by atoms with Crippen molar-refractivity contribution in [1.29, 1.82) is 0 Å². The Morgan fingerprint density at radius 2 is 1.79 bits per heavy atom. The van der Waals surface area contributed by atoms with Crippen LogP contribution >= 0.6 is 23.2 Å². The van der Waals surface area contributed by atoms with Crippen LogP contribution in [0.5, 0.6) is 0 Å². The second kappa shape index (κ2) is 10.5. The molecular weight excluding hydrogens is 469 g/mol. The zero-order valence-electron chi connectivity index (χ0n) is 19.1. The van der Waals surface area contributed by atoms with Gasteiger partial charge in [-0.05, 0) is 61.9 Å². The maximum atomic E-state index is 12.8. The van der Waals surface area contributed by atoms with E-state index in [0.29, 0.717) is 44.8 Å². The van der Waals surface area contributed by atoms with Gasteiger partial charge in [-0.3, -0.25) is 4.79 Å². The molecule has 2 aromatic carbocycles. The van der Waals surface area contributed by atoms with E-state index in [9.17, 15) is 4.79 Å². The Morgan fingerprint density at radius 1 is 1.03 bits per heavy atom. The largest absolute Gasteiger partial charge is 0.354 e. The normalized spacial score (nSPS) is 17.8. The van der Waals surface area contributed by atoms with E-state index >= 15 is 0 Å². The van der Waals surface area contributed by atoms with E-state index in [1.807, 2.05) is 24.3 Å². The number of halogens is 2. The van der Waals surface area contributed by atoms with Crippen LogP contribution in [0.2, 0.25) is 10.0 Å². The summed E-state index contributed by atoms with van der Waals surface area (Å²) in [5, 5.41) is 10.7. The van der Waals surface area contributed by atoms with E-state index in [4.69, 9.17) is 23.2 Å². The molecule has 6 nitrogen and oxygen atoms in total. The molecule has 0 radical (unpaired) electrons. The molecule has 0 saturated carbocycles. The van der Waals surface area contributed by atoms with Gasteiger partial charge in [-0.25, -0.2) is 4.98 Å². The molecule has 0 aliphatic carbocycles. The smallest absolute Gasteiger partial charge is 0.257 e. The van der Waals surface area contributed by atoms with Crippen LogP contribution in [-0.2, 0) is 0 Å². The lowest BCUT2D eigenvalue weighted by Gasteiger charge is -2.36. The minimum absolute atomic E-state index is 0.247. The highest BCUT2D eigenvalue weighted by Crippen LogP contribution is 2.29. The Morgan fingerprint density at radius 3 is 2.47 bits per heavy atom. The number of hydrogen-bond acceptors (Lipinski definition) is 5. The zero-order valence-corrected chi connectivity index (χ0v) is 20.6. The summed E-state index contributed by atoms with van der Waals surface area (Å²) in [6.45, 7) is 10.1. The highest BCUT2D eigenvalue weighted by Gasteiger charge is 2.22. The van der Waals surface area contributed by atoms with Crippen LogP contribution in [0, 0.1) is 0 Å². The first-order valence-corrected chi connectivity index (χ1v) is 11.8. The molecule has 4 rings (SSSR count). The van der Waals surface area contributed by atoms with Gasteiger partial charge in [-0.2, -0.15) is 0 Å². The molecule has 34 heavy (non-hydrogen) atoms. The van der Waals surface area contributed by atoms with E-state index < -0.39 is 0 Å². The number of anilines is 3. The van der Waals surface area contributed by atoms with Crippen molar-refractivity contribution in [2.24, 2.45) is 0 Å². The van der Waals surface area contributed by atoms with Gasteiger partial charge < -0.3 is 20.9 Å². The maximum absolute atomic E-state index is 12.8. The highest BCUT2D eigenvalue weighted by molar-refractivity contribution is 6.33. The molecule has 1 saturated heterocycles. The first kappa shape index (κ1) is 24.1. The molecule has 2 atom stereocenters. The van der Waals surface area contributed by atoms with Gasteiger partial charge in [0.25, 0.3) is 5.91 Å². The molecule has 1 aliphatic rings. The third-order valence-electron chi connectivity index (χ3n) is 5.57. The fraction of sp³-hybridized carbons (Fsp3) is 0.231. The Kier molecular flexibility index (Phi) is 7.41. The molecule has 3 N–H and O–H groups in total. The average Bonchev–Trinajstić information content (AvgIpc) is 2.80. The number of nitrogens with zero attached hydrogens (tertiary/aromatic N) is 2. The number of benzene rings is 2. The van der Waals surface area contributed by atoms with Crippen molar-refractivity contribution in [3.8, 4) is 0 Å². The molecule has 1 fully saturated rings. The third kappa shape index (κ3) is 5.89. The number of amides is 1. The second-order valence-corrected chi connectivity index (χ2v) is 9.39. The molecule has 0 bridgehead atoms. The minimum atomic E-state index is -0.247. The van der Waals surface area contributed by atoms with Gasteiger partial charge in [0, 0.05) is 47.8 Å². The molecule has 2 heterocycles. The molecule has 1 aliphatic heterocycles. The third-order valence-corrected chi connectivity index (χ3v) is 6.14. The van der Waals surface area contributed by atoms with E-state index in [-0.39, 0.29) is 5.91 Å². The first-order chi connectivity index (χ1) is 16.3. The zero-order chi connectivity index (χ0) is 24.2. The molecule has 0 spiro atoms. The SMILES string of the molecule is C=C(Nc1cc(NC(=O)c2ccc(N3CC(C)NC(C)C3)nc2)ccc1Cl)c1cccc(Cl)c1. The molecule has 8 heteroatoms. The van der Waals surface area contributed by atoms with E-state index in [1.165, 1.54) is 0 Å². The summed E-state index contributed by atoms with van der Waals surface area (Å²) in [5.41, 5.74) is 3.19. The number of piperazine rings is 1. The lowest BCUT2D eigenvalue weighted by molar-refractivity contribution is 0.102. The van der Waals surface area contributed by atoms with Crippen molar-refractivity contribution in [3.63, 3.8) is 0 Å². The minimum Gasteiger partial charge on any atom is -0.354 e. The van der Waals surface area contributed by atoms with Gasteiger partial charge in [0.05, 0.1) is 16.3 Å². The summed E-state index contributed by atoms with van der Waals surface area (Å²) < 4.78 is 0. The molecular formula is C26H27Cl2N5O. The predicted molar refractivity (Wildman–Crippen MR) is 142 cm³/mol. The van der Waals surface area contributed by atoms with Gasteiger partial charge >= 0.3 is 0 Å². The number of rotatable bonds is 6. The standard InChI is InChI=1S/C26H27Cl2N5O/c1-16-14-33(15-17(2)30-16)25-10-7-20(13-29-25)26(34)32-22-8-9-23(28)24(12-22)31-18(3)19-5-4-6-21(27)11-19/h4-13,16-17,30-31H,3,14-15H2,1-2H3,(H,32,34). The van der Waals surface area contributed by atoms with Gasteiger partial charge in [0.15, 0.2) is 0 Å². The van der Waals surface area contributed by atoms with Crippen LogP contribution in [0.4, 0.5) is 17.2 Å². The summed E-state index contributed by atoms with van der Waals surface area (Å²) in [7, 11) is 0. The number of pyridine rings is 1. The van der Waals surface area contributed by atoms with Crippen LogP contribution in [0.15, 0.2) is 67.4 Å². The predicted octanol–water partition coefficient (Wildman–Crippen LogP) is 5.91. The number of aromatic nitrogens is 1. The molecule has 2 unspecified atom stereocenters. The van der Waals surface area contributed by atoms with Gasteiger partial charge in [-0.15, -0.1) is 0 Å². The fourth-order valence-electron chi connectivity index (χ4n) is 4.03. The fourth-order valence-corrected chi connectivity index (χ4v) is 4.39. The van der Waals surface area contributed by atoms with E-state index in [1.54, 1.807) is 36.5 Å². The molecule has 3 aromatic rings. The van der Waals surface area contributed by atoms with Gasteiger partial charge in [-0.1, -0.05) is 41.9 Å².